The van der Waals surface area contributed by atoms with Gasteiger partial charge < -0.3 is 15.5 Å². The molecule has 0 aliphatic carbocycles. The highest BCUT2D eigenvalue weighted by molar-refractivity contribution is 5.85. The molecular weight excluding hydrogens is 446 g/mol. The Bertz CT molecular complexity index is 1200. The second-order valence-electron chi connectivity index (χ2n) is 8.78. The molecule has 1 fully saturated rings. The molecule has 0 saturated carbocycles. The molecule has 7 nitrogen and oxygen atoms in total. The smallest absolute Gasteiger partial charge is 0.180 e. The molecule has 34 heavy (non-hydrogen) atoms. The highest BCUT2D eigenvalue weighted by Gasteiger charge is 2.20. The first-order valence-corrected chi connectivity index (χ1v) is 11.7. The van der Waals surface area contributed by atoms with Crippen LogP contribution >= 0.6 is 12.4 Å². The first kappa shape index (κ1) is 24.1. The zero-order chi connectivity index (χ0) is 22.6. The maximum Gasteiger partial charge on any atom is 0.180 e. The molecule has 2 N–H and O–H groups in total. The Labute approximate surface area is 207 Å². The highest BCUT2D eigenvalue weighted by Crippen LogP contribution is 2.27. The number of likely N-dealkylation sites (N-methyl/N-ethyl adjacent to an activating group) is 1. The van der Waals surface area contributed by atoms with E-state index >= 15 is 0 Å². The van der Waals surface area contributed by atoms with E-state index in [-0.39, 0.29) is 12.4 Å². The van der Waals surface area contributed by atoms with Crippen LogP contribution in [0, 0.1) is 0 Å². The van der Waals surface area contributed by atoms with Crippen molar-refractivity contribution in [3.05, 3.63) is 78.4 Å². The van der Waals surface area contributed by atoms with Gasteiger partial charge in [0, 0.05) is 44.3 Å². The minimum absolute atomic E-state index is 0. The van der Waals surface area contributed by atoms with Crippen LogP contribution in [0.15, 0.2) is 67.1 Å². The average Bonchev–Trinajstić information content (AvgIpc) is 3.30. The van der Waals surface area contributed by atoms with Gasteiger partial charge in [0.25, 0.3) is 0 Å². The Morgan fingerprint density at radius 2 is 1.76 bits per heavy atom. The van der Waals surface area contributed by atoms with Crippen molar-refractivity contribution in [2.45, 2.75) is 18.8 Å². The summed E-state index contributed by atoms with van der Waals surface area (Å²) in [5, 5.41) is 0. The van der Waals surface area contributed by atoms with E-state index in [0.29, 0.717) is 12.5 Å². The zero-order valence-electron chi connectivity index (χ0n) is 19.5. The fourth-order valence-electron chi connectivity index (χ4n) is 4.64. The van der Waals surface area contributed by atoms with Crippen LogP contribution in [-0.4, -0.2) is 64.0 Å². The Kier molecular flexibility index (Phi) is 7.77. The van der Waals surface area contributed by atoms with Crippen LogP contribution in [0.5, 0.6) is 0 Å². The fraction of sp³-hybridized carbons (Fsp3) is 0.346. The zero-order valence-corrected chi connectivity index (χ0v) is 20.4. The number of aromatic nitrogens is 4. The lowest BCUT2D eigenvalue weighted by molar-refractivity contribution is 0.312. The second kappa shape index (κ2) is 11.0. The van der Waals surface area contributed by atoms with E-state index in [4.69, 9.17) is 15.7 Å². The molecule has 1 saturated heterocycles. The van der Waals surface area contributed by atoms with Crippen molar-refractivity contribution in [1.82, 2.24) is 24.3 Å². The molecule has 0 radical (unpaired) electrons. The number of anilines is 1. The van der Waals surface area contributed by atoms with E-state index < -0.39 is 0 Å². The average molecular weight is 478 g/mol. The van der Waals surface area contributed by atoms with E-state index in [1.54, 1.807) is 0 Å². The van der Waals surface area contributed by atoms with Gasteiger partial charge in [-0.05, 0) is 50.0 Å². The van der Waals surface area contributed by atoms with Gasteiger partial charge in [0.2, 0.25) is 0 Å². The van der Waals surface area contributed by atoms with Gasteiger partial charge in [-0.15, -0.1) is 12.4 Å². The summed E-state index contributed by atoms with van der Waals surface area (Å²) in [7, 11) is 2.16. The van der Waals surface area contributed by atoms with E-state index in [1.807, 2.05) is 18.6 Å². The van der Waals surface area contributed by atoms with Crippen molar-refractivity contribution in [3.8, 4) is 11.4 Å². The van der Waals surface area contributed by atoms with Crippen molar-refractivity contribution < 1.29 is 0 Å². The molecule has 0 spiro atoms. The molecule has 1 unspecified atom stereocenters. The van der Waals surface area contributed by atoms with Gasteiger partial charge in [-0.3, -0.25) is 9.38 Å². The van der Waals surface area contributed by atoms with E-state index in [9.17, 15) is 0 Å². The quantitative estimate of drug-likeness (QED) is 0.438. The molecule has 1 aromatic carbocycles. The van der Waals surface area contributed by atoms with Crippen LogP contribution in [0.3, 0.4) is 0 Å². The van der Waals surface area contributed by atoms with Crippen molar-refractivity contribution >= 4 is 23.9 Å². The lowest BCUT2D eigenvalue weighted by Crippen LogP contribution is -2.45. The van der Waals surface area contributed by atoms with Crippen LogP contribution in [0.4, 0.5) is 5.82 Å². The summed E-state index contributed by atoms with van der Waals surface area (Å²) in [6.07, 6.45) is 7.55. The molecule has 0 bridgehead atoms. The monoisotopic (exact) mass is 477 g/mol. The molecule has 8 heteroatoms. The van der Waals surface area contributed by atoms with Gasteiger partial charge in [-0.1, -0.05) is 36.4 Å². The largest absolute Gasteiger partial charge is 0.351 e. The standard InChI is InChI=1S/C26H31N7.ClH/c1-31-14-16-32(17-15-31)25-26-29-19-24(33(26)13-12-28-25)23-9-5-8-22(30-23)18-21(10-11-27)20-6-3-2-4-7-20;/h2-9,12-13,19,21H,10-11,14-18,27H2,1H3;1H. The summed E-state index contributed by atoms with van der Waals surface area (Å²) in [5.74, 6) is 1.30. The van der Waals surface area contributed by atoms with E-state index in [2.05, 4.69) is 74.8 Å². The Morgan fingerprint density at radius 1 is 0.971 bits per heavy atom. The highest BCUT2D eigenvalue weighted by atomic mass is 35.5. The first-order chi connectivity index (χ1) is 16.2. The third-order valence-electron chi connectivity index (χ3n) is 6.52. The van der Waals surface area contributed by atoms with Crippen LogP contribution in [-0.2, 0) is 6.42 Å². The molecule has 1 aliphatic heterocycles. The number of nitrogens with zero attached hydrogens (tertiary/aromatic N) is 6. The third-order valence-corrected chi connectivity index (χ3v) is 6.52. The Morgan fingerprint density at radius 3 is 2.53 bits per heavy atom. The van der Waals surface area contributed by atoms with Gasteiger partial charge >= 0.3 is 0 Å². The second-order valence-corrected chi connectivity index (χ2v) is 8.78. The summed E-state index contributed by atoms with van der Waals surface area (Å²) >= 11 is 0. The molecule has 3 aromatic heterocycles. The minimum atomic E-state index is 0. The minimum Gasteiger partial charge on any atom is -0.351 e. The summed E-state index contributed by atoms with van der Waals surface area (Å²) < 4.78 is 2.11. The molecule has 1 atom stereocenters. The van der Waals surface area contributed by atoms with Crippen molar-refractivity contribution in [3.63, 3.8) is 0 Å². The number of imidazole rings is 1. The molecule has 5 rings (SSSR count). The van der Waals surface area contributed by atoms with Gasteiger partial charge in [-0.2, -0.15) is 0 Å². The SMILES string of the molecule is CN1CCN(c2nccn3c(-c4cccc(CC(CCN)c5ccccc5)n4)cnc23)CC1.Cl. The van der Waals surface area contributed by atoms with Gasteiger partial charge in [0.15, 0.2) is 11.5 Å². The maximum atomic E-state index is 5.93. The third kappa shape index (κ3) is 5.06. The van der Waals surface area contributed by atoms with E-state index in [0.717, 1.165) is 67.6 Å². The maximum absolute atomic E-state index is 5.93. The van der Waals surface area contributed by atoms with Crippen molar-refractivity contribution in [2.24, 2.45) is 5.73 Å². The number of piperazine rings is 1. The number of fused-ring (bicyclic) bond motifs is 1. The first-order valence-electron chi connectivity index (χ1n) is 11.7. The number of hydrogen-bond acceptors (Lipinski definition) is 6. The summed E-state index contributed by atoms with van der Waals surface area (Å²) in [5.41, 5.74) is 11.1. The molecule has 4 heterocycles. The summed E-state index contributed by atoms with van der Waals surface area (Å²) in [6, 6.07) is 16.9. The Balaban J connectivity index is 0.00000274. The number of pyridine rings is 1. The normalized spacial score (nSPS) is 15.3. The lowest BCUT2D eigenvalue weighted by atomic mass is 9.91. The van der Waals surface area contributed by atoms with Crippen LogP contribution in [0.2, 0.25) is 0 Å². The predicted molar refractivity (Wildman–Crippen MR) is 140 cm³/mol. The van der Waals surface area contributed by atoms with Crippen LogP contribution in [0.25, 0.3) is 17.0 Å². The number of benzene rings is 1. The van der Waals surface area contributed by atoms with Gasteiger partial charge in [-0.25, -0.2) is 9.97 Å². The number of halogens is 1. The summed E-state index contributed by atoms with van der Waals surface area (Å²) in [4.78, 5) is 19.1. The van der Waals surface area contributed by atoms with Crippen LogP contribution in [0.1, 0.15) is 23.6 Å². The van der Waals surface area contributed by atoms with Gasteiger partial charge in [0.1, 0.15) is 0 Å². The van der Waals surface area contributed by atoms with Gasteiger partial charge in [0.05, 0.1) is 17.6 Å². The number of hydrogen-bond donors (Lipinski definition) is 1. The van der Waals surface area contributed by atoms with Crippen LogP contribution < -0.4 is 10.6 Å². The molecule has 1 aliphatic rings. The topological polar surface area (TPSA) is 75.6 Å². The van der Waals surface area contributed by atoms with Crippen molar-refractivity contribution in [1.29, 1.82) is 0 Å². The fourth-order valence-corrected chi connectivity index (χ4v) is 4.64. The summed E-state index contributed by atoms with van der Waals surface area (Å²) in [6.45, 7) is 4.65. The van der Waals surface area contributed by atoms with Crippen molar-refractivity contribution in [2.75, 3.05) is 44.7 Å². The molecule has 4 aromatic rings. The van der Waals surface area contributed by atoms with E-state index in [1.165, 1.54) is 5.56 Å². The molecular formula is C26H32ClN7. The predicted octanol–water partition coefficient (Wildman–Crippen LogP) is 3.64. The molecule has 178 valence electrons. The number of nitrogens with two attached hydrogens (primary N) is 1. The Hall–Kier alpha value is -3.00. The number of rotatable bonds is 7. The molecule has 0 amide bonds. The lowest BCUT2D eigenvalue weighted by Gasteiger charge is -2.33.